The molecule has 100 valence electrons. The molecule has 0 saturated carbocycles. The topological polar surface area (TPSA) is 88.2 Å². The molecule has 0 aliphatic rings. The standard InChI is InChI=1S/C13H15N3O3/c1-8(2)12-11(13(18)19)14-15-16(12)7-9-3-5-10(17)6-4-9/h3-6,8,17H,7H2,1-2H3,(H,18,19). The maximum Gasteiger partial charge on any atom is 0.358 e. The molecule has 0 amide bonds. The molecule has 0 spiro atoms. The zero-order valence-electron chi connectivity index (χ0n) is 10.7. The summed E-state index contributed by atoms with van der Waals surface area (Å²) in [7, 11) is 0. The van der Waals surface area contributed by atoms with Gasteiger partial charge in [0.2, 0.25) is 0 Å². The van der Waals surface area contributed by atoms with E-state index in [0.717, 1.165) is 5.56 Å². The van der Waals surface area contributed by atoms with E-state index in [2.05, 4.69) is 10.3 Å². The lowest BCUT2D eigenvalue weighted by Crippen LogP contribution is -2.10. The van der Waals surface area contributed by atoms with Gasteiger partial charge in [-0.2, -0.15) is 0 Å². The van der Waals surface area contributed by atoms with Gasteiger partial charge < -0.3 is 10.2 Å². The first kappa shape index (κ1) is 13.1. The second-order valence-corrected chi connectivity index (χ2v) is 4.61. The number of aromatic carboxylic acids is 1. The van der Waals surface area contributed by atoms with E-state index in [1.165, 1.54) is 0 Å². The van der Waals surface area contributed by atoms with Crippen LogP contribution in [-0.2, 0) is 6.54 Å². The molecule has 0 saturated heterocycles. The van der Waals surface area contributed by atoms with Crippen LogP contribution in [-0.4, -0.2) is 31.2 Å². The number of phenolic OH excluding ortho intramolecular Hbond substituents is 1. The number of aromatic nitrogens is 3. The molecule has 0 bridgehead atoms. The molecule has 0 radical (unpaired) electrons. The Bertz CT molecular complexity index is 588. The third-order valence-electron chi connectivity index (χ3n) is 2.79. The molecule has 6 heteroatoms. The molecule has 1 aromatic heterocycles. The number of aromatic hydroxyl groups is 1. The van der Waals surface area contributed by atoms with Crippen LogP contribution >= 0.6 is 0 Å². The van der Waals surface area contributed by atoms with Crippen molar-refractivity contribution in [1.29, 1.82) is 0 Å². The Labute approximate surface area is 110 Å². The summed E-state index contributed by atoms with van der Waals surface area (Å²) in [5, 5.41) is 25.9. The van der Waals surface area contributed by atoms with E-state index in [1.54, 1.807) is 28.9 Å². The highest BCUT2D eigenvalue weighted by molar-refractivity contribution is 5.86. The Morgan fingerprint density at radius 3 is 2.47 bits per heavy atom. The van der Waals surface area contributed by atoms with E-state index in [1.807, 2.05) is 13.8 Å². The number of benzene rings is 1. The van der Waals surface area contributed by atoms with Crippen molar-refractivity contribution in [1.82, 2.24) is 15.0 Å². The van der Waals surface area contributed by atoms with Crippen molar-refractivity contribution in [2.24, 2.45) is 0 Å². The number of nitrogens with zero attached hydrogens (tertiary/aromatic N) is 3. The fourth-order valence-corrected chi connectivity index (χ4v) is 1.94. The highest BCUT2D eigenvalue weighted by Gasteiger charge is 2.21. The molecular weight excluding hydrogens is 246 g/mol. The molecule has 2 N–H and O–H groups in total. The van der Waals surface area contributed by atoms with Gasteiger partial charge in [0, 0.05) is 0 Å². The van der Waals surface area contributed by atoms with Crippen molar-refractivity contribution in [3.63, 3.8) is 0 Å². The van der Waals surface area contributed by atoms with E-state index >= 15 is 0 Å². The van der Waals surface area contributed by atoms with Gasteiger partial charge in [0.25, 0.3) is 0 Å². The molecule has 6 nitrogen and oxygen atoms in total. The summed E-state index contributed by atoms with van der Waals surface area (Å²) in [6, 6.07) is 6.70. The van der Waals surface area contributed by atoms with Gasteiger partial charge in [-0.15, -0.1) is 5.10 Å². The van der Waals surface area contributed by atoms with Gasteiger partial charge in [0.15, 0.2) is 5.69 Å². The summed E-state index contributed by atoms with van der Waals surface area (Å²) in [4.78, 5) is 11.1. The average Bonchev–Trinajstić information content (AvgIpc) is 2.76. The van der Waals surface area contributed by atoms with Crippen molar-refractivity contribution in [3.8, 4) is 5.75 Å². The highest BCUT2D eigenvalue weighted by atomic mass is 16.4. The maximum atomic E-state index is 11.1. The fraction of sp³-hybridized carbons (Fsp3) is 0.308. The normalized spacial score (nSPS) is 10.9. The molecular formula is C13H15N3O3. The number of hydrogen-bond donors (Lipinski definition) is 2. The average molecular weight is 261 g/mol. The Hall–Kier alpha value is -2.37. The van der Waals surface area contributed by atoms with Crippen molar-refractivity contribution in [2.45, 2.75) is 26.3 Å². The third kappa shape index (κ3) is 2.73. The SMILES string of the molecule is CC(C)c1c(C(=O)O)nnn1Cc1ccc(O)cc1. The summed E-state index contributed by atoms with van der Waals surface area (Å²) in [6.07, 6.45) is 0. The number of carboxylic acids is 1. The van der Waals surface area contributed by atoms with E-state index in [0.29, 0.717) is 12.2 Å². The molecule has 0 aliphatic carbocycles. The van der Waals surface area contributed by atoms with E-state index < -0.39 is 5.97 Å². The van der Waals surface area contributed by atoms with Gasteiger partial charge in [-0.25, -0.2) is 9.48 Å². The second kappa shape index (κ2) is 5.09. The molecule has 2 rings (SSSR count). The molecule has 0 fully saturated rings. The molecule has 2 aromatic rings. The van der Waals surface area contributed by atoms with Crippen molar-refractivity contribution < 1.29 is 15.0 Å². The first-order valence-electron chi connectivity index (χ1n) is 5.93. The second-order valence-electron chi connectivity index (χ2n) is 4.61. The van der Waals surface area contributed by atoms with Gasteiger partial charge >= 0.3 is 5.97 Å². The number of carbonyl (C=O) groups is 1. The lowest BCUT2D eigenvalue weighted by atomic mass is 10.1. The lowest BCUT2D eigenvalue weighted by molar-refractivity contribution is 0.0688. The minimum Gasteiger partial charge on any atom is -0.508 e. The predicted octanol–water partition coefficient (Wildman–Crippen LogP) is 1.85. The van der Waals surface area contributed by atoms with Crippen molar-refractivity contribution in [3.05, 3.63) is 41.2 Å². The summed E-state index contributed by atoms with van der Waals surface area (Å²) < 4.78 is 1.58. The van der Waals surface area contributed by atoms with Crippen LogP contribution in [0.5, 0.6) is 5.75 Å². The summed E-state index contributed by atoms with van der Waals surface area (Å²) in [6.45, 7) is 4.23. The lowest BCUT2D eigenvalue weighted by Gasteiger charge is -2.10. The zero-order valence-corrected chi connectivity index (χ0v) is 10.7. The van der Waals surface area contributed by atoms with Crippen LogP contribution in [0.4, 0.5) is 0 Å². The molecule has 1 aromatic carbocycles. The van der Waals surface area contributed by atoms with Gasteiger partial charge in [-0.05, 0) is 23.6 Å². The Balaban J connectivity index is 2.35. The predicted molar refractivity (Wildman–Crippen MR) is 68.3 cm³/mol. The summed E-state index contributed by atoms with van der Waals surface area (Å²) in [5.41, 5.74) is 1.51. The van der Waals surface area contributed by atoms with Crippen LogP contribution in [0, 0.1) is 0 Å². The summed E-state index contributed by atoms with van der Waals surface area (Å²) in [5.74, 6) is -0.864. The van der Waals surface area contributed by atoms with Gasteiger partial charge in [0.1, 0.15) is 5.75 Å². The first-order valence-corrected chi connectivity index (χ1v) is 5.93. The van der Waals surface area contributed by atoms with E-state index in [9.17, 15) is 9.90 Å². The quantitative estimate of drug-likeness (QED) is 0.876. The van der Waals surface area contributed by atoms with Gasteiger partial charge in [0.05, 0.1) is 12.2 Å². The molecule has 1 heterocycles. The fourth-order valence-electron chi connectivity index (χ4n) is 1.94. The smallest absolute Gasteiger partial charge is 0.358 e. The van der Waals surface area contributed by atoms with Crippen molar-refractivity contribution in [2.75, 3.05) is 0 Å². The summed E-state index contributed by atoms with van der Waals surface area (Å²) >= 11 is 0. The molecule has 19 heavy (non-hydrogen) atoms. The largest absolute Gasteiger partial charge is 0.508 e. The number of rotatable bonds is 4. The Morgan fingerprint density at radius 2 is 1.95 bits per heavy atom. The van der Waals surface area contributed by atoms with Crippen LogP contribution in [0.2, 0.25) is 0 Å². The minimum absolute atomic E-state index is 0.00576. The van der Waals surface area contributed by atoms with Crippen LogP contribution < -0.4 is 0 Å². The van der Waals surface area contributed by atoms with Crippen LogP contribution in [0.3, 0.4) is 0 Å². The van der Waals surface area contributed by atoms with E-state index in [4.69, 9.17) is 5.11 Å². The number of carboxylic acid groups (broad SMARTS) is 1. The van der Waals surface area contributed by atoms with Crippen LogP contribution in [0.1, 0.15) is 41.5 Å². The number of phenols is 1. The Kier molecular flexibility index (Phi) is 3.50. The molecule has 0 aliphatic heterocycles. The van der Waals surface area contributed by atoms with Crippen molar-refractivity contribution >= 4 is 5.97 Å². The highest BCUT2D eigenvalue weighted by Crippen LogP contribution is 2.19. The van der Waals surface area contributed by atoms with E-state index in [-0.39, 0.29) is 17.4 Å². The molecule has 0 unspecified atom stereocenters. The third-order valence-corrected chi connectivity index (χ3v) is 2.79. The first-order chi connectivity index (χ1) is 8.99. The Morgan fingerprint density at radius 1 is 1.32 bits per heavy atom. The van der Waals surface area contributed by atoms with Gasteiger partial charge in [-0.3, -0.25) is 0 Å². The van der Waals surface area contributed by atoms with Gasteiger partial charge in [-0.1, -0.05) is 31.2 Å². The number of hydrogen-bond acceptors (Lipinski definition) is 4. The maximum absolute atomic E-state index is 11.1. The zero-order chi connectivity index (χ0) is 14.0. The van der Waals surface area contributed by atoms with Crippen LogP contribution in [0.25, 0.3) is 0 Å². The van der Waals surface area contributed by atoms with Crippen LogP contribution in [0.15, 0.2) is 24.3 Å². The molecule has 0 atom stereocenters. The minimum atomic E-state index is -1.07. The monoisotopic (exact) mass is 261 g/mol.